The summed E-state index contributed by atoms with van der Waals surface area (Å²) in [6.07, 6.45) is 0. The molecule has 0 bridgehead atoms. The molecular formula is C16H12ClN3O. The number of nitrogens with one attached hydrogen (secondary N) is 1. The largest absolute Gasteiger partial charge is 0.492 e. The number of para-hydroxylation sites is 1. The van der Waals surface area contributed by atoms with Crippen LogP contribution in [-0.4, -0.2) is 13.2 Å². The van der Waals surface area contributed by atoms with Gasteiger partial charge in [0, 0.05) is 11.6 Å². The summed E-state index contributed by atoms with van der Waals surface area (Å²) in [6, 6.07) is 16.3. The Bertz CT molecular complexity index is 684. The molecule has 4 nitrogen and oxygen atoms in total. The van der Waals surface area contributed by atoms with E-state index in [4.69, 9.17) is 26.9 Å². The molecule has 0 radical (unpaired) electrons. The van der Waals surface area contributed by atoms with Gasteiger partial charge in [-0.1, -0.05) is 23.7 Å². The van der Waals surface area contributed by atoms with Gasteiger partial charge in [0.2, 0.25) is 0 Å². The maximum Gasteiger partial charge on any atom is 0.120 e. The van der Waals surface area contributed by atoms with Crippen molar-refractivity contribution >= 4 is 17.3 Å². The van der Waals surface area contributed by atoms with Crippen LogP contribution in [0.1, 0.15) is 11.1 Å². The van der Waals surface area contributed by atoms with Crippen LogP contribution in [0.5, 0.6) is 5.75 Å². The van der Waals surface area contributed by atoms with Crippen molar-refractivity contribution in [2.75, 3.05) is 18.5 Å². The van der Waals surface area contributed by atoms with Crippen molar-refractivity contribution in [1.29, 1.82) is 10.5 Å². The van der Waals surface area contributed by atoms with Crippen molar-refractivity contribution < 1.29 is 4.74 Å². The number of anilines is 1. The lowest BCUT2D eigenvalue weighted by atomic mass is 10.1. The third-order valence-electron chi connectivity index (χ3n) is 2.77. The standard InChI is InChI=1S/C16H12ClN3O/c17-14-5-2-6-15(9-14)21-8-7-20-16-12(10-18)3-1-4-13(16)11-19/h1-6,9,20H,7-8H2. The van der Waals surface area contributed by atoms with Crippen molar-refractivity contribution in [3.63, 3.8) is 0 Å². The third-order valence-corrected chi connectivity index (χ3v) is 3.01. The Kier molecular flexibility index (Phi) is 5.04. The molecule has 0 aromatic heterocycles. The number of hydrogen-bond acceptors (Lipinski definition) is 4. The highest BCUT2D eigenvalue weighted by Gasteiger charge is 2.07. The molecule has 0 spiro atoms. The summed E-state index contributed by atoms with van der Waals surface area (Å²) in [6.45, 7) is 0.866. The zero-order chi connectivity index (χ0) is 15.1. The minimum Gasteiger partial charge on any atom is -0.492 e. The monoisotopic (exact) mass is 297 g/mol. The van der Waals surface area contributed by atoms with E-state index in [0.717, 1.165) is 0 Å². The number of nitrogens with zero attached hydrogens (tertiary/aromatic N) is 2. The minimum absolute atomic E-state index is 0.394. The first kappa shape index (κ1) is 14.7. The Labute approximate surface area is 128 Å². The second kappa shape index (κ2) is 7.19. The molecule has 0 aliphatic rings. The molecule has 104 valence electrons. The Morgan fingerprint density at radius 1 is 1.05 bits per heavy atom. The van der Waals surface area contributed by atoms with E-state index < -0.39 is 0 Å². The van der Waals surface area contributed by atoms with Crippen LogP contribution in [0, 0.1) is 22.7 Å². The van der Waals surface area contributed by atoms with Crippen molar-refractivity contribution in [3.05, 3.63) is 58.6 Å². The van der Waals surface area contributed by atoms with Crippen LogP contribution in [0.15, 0.2) is 42.5 Å². The van der Waals surface area contributed by atoms with Gasteiger partial charge in [-0.3, -0.25) is 0 Å². The van der Waals surface area contributed by atoms with E-state index >= 15 is 0 Å². The molecule has 0 heterocycles. The summed E-state index contributed by atoms with van der Waals surface area (Å²) in [7, 11) is 0. The van der Waals surface area contributed by atoms with E-state index in [9.17, 15) is 0 Å². The van der Waals surface area contributed by atoms with Gasteiger partial charge in [0.05, 0.1) is 16.8 Å². The van der Waals surface area contributed by atoms with Gasteiger partial charge >= 0.3 is 0 Å². The molecule has 2 aromatic carbocycles. The third kappa shape index (κ3) is 3.89. The van der Waals surface area contributed by atoms with Crippen LogP contribution in [0.3, 0.4) is 0 Å². The maximum atomic E-state index is 9.06. The zero-order valence-electron chi connectivity index (χ0n) is 11.1. The Morgan fingerprint density at radius 2 is 1.71 bits per heavy atom. The van der Waals surface area contributed by atoms with Gasteiger partial charge in [-0.25, -0.2) is 0 Å². The first-order valence-corrected chi connectivity index (χ1v) is 6.68. The van der Waals surface area contributed by atoms with Crippen LogP contribution in [0.4, 0.5) is 5.69 Å². The molecule has 21 heavy (non-hydrogen) atoms. The summed E-state index contributed by atoms with van der Waals surface area (Å²) in [5, 5.41) is 21.8. The van der Waals surface area contributed by atoms with E-state index in [1.54, 1.807) is 30.3 Å². The van der Waals surface area contributed by atoms with Gasteiger partial charge in [-0.05, 0) is 30.3 Å². The summed E-state index contributed by atoms with van der Waals surface area (Å²) >= 11 is 5.86. The van der Waals surface area contributed by atoms with E-state index in [0.29, 0.717) is 40.7 Å². The van der Waals surface area contributed by atoms with Crippen LogP contribution < -0.4 is 10.1 Å². The fourth-order valence-corrected chi connectivity index (χ4v) is 2.01. The van der Waals surface area contributed by atoms with Crippen molar-refractivity contribution in [3.8, 4) is 17.9 Å². The minimum atomic E-state index is 0.394. The van der Waals surface area contributed by atoms with Gasteiger partial charge in [0.1, 0.15) is 24.5 Å². The predicted molar refractivity (Wildman–Crippen MR) is 81.3 cm³/mol. The highest BCUT2D eigenvalue weighted by atomic mass is 35.5. The smallest absolute Gasteiger partial charge is 0.120 e. The van der Waals surface area contributed by atoms with Crippen LogP contribution in [0.2, 0.25) is 5.02 Å². The number of halogens is 1. The van der Waals surface area contributed by atoms with Gasteiger partial charge in [0.15, 0.2) is 0 Å². The molecule has 2 rings (SSSR count). The summed E-state index contributed by atoms with van der Waals surface area (Å²) < 4.78 is 5.54. The molecule has 1 N–H and O–H groups in total. The number of hydrogen-bond donors (Lipinski definition) is 1. The molecular weight excluding hydrogens is 286 g/mol. The predicted octanol–water partition coefficient (Wildman–Crippen LogP) is 3.57. The quantitative estimate of drug-likeness (QED) is 0.857. The van der Waals surface area contributed by atoms with Crippen molar-refractivity contribution in [2.45, 2.75) is 0 Å². The van der Waals surface area contributed by atoms with Gasteiger partial charge in [0.25, 0.3) is 0 Å². The van der Waals surface area contributed by atoms with Crippen molar-refractivity contribution in [1.82, 2.24) is 0 Å². The van der Waals surface area contributed by atoms with Gasteiger partial charge in [-0.2, -0.15) is 10.5 Å². The van der Waals surface area contributed by atoms with E-state index in [-0.39, 0.29) is 0 Å². The van der Waals surface area contributed by atoms with Crippen LogP contribution in [-0.2, 0) is 0 Å². The Balaban J connectivity index is 1.95. The molecule has 0 fully saturated rings. The van der Waals surface area contributed by atoms with E-state index in [1.165, 1.54) is 0 Å². The summed E-state index contributed by atoms with van der Waals surface area (Å²) in [5.41, 5.74) is 1.42. The van der Waals surface area contributed by atoms with Gasteiger partial charge < -0.3 is 10.1 Å². The lowest BCUT2D eigenvalue weighted by Crippen LogP contribution is -2.13. The maximum absolute atomic E-state index is 9.06. The molecule has 0 atom stereocenters. The first-order chi connectivity index (χ1) is 10.2. The van der Waals surface area contributed by atoms with Crippen LogP contribution in [0.25, 0.3) is 0 Å². The average Bonchev–Trinajstić information content (AvgIpc) is 2.51. The average molecular weight is 298 g/mol. The lowest BCUT2D eigenvalue weighted by Gasteiger charge is -2.11. The summed E-state index contributed by atoms with van der Waals surface area (Å²) in [4.78, 5) is 0. The molecule has 0 aliphatic heterocycles. The van der Waals surface area contributed by atoms with E-state index in [2.05, 4.69) is 17.5 Å². The fourth-order valence-electron chi connectivity index (χ4n) is 1.83. The SMILES string of the molecule is N#Cc1cccc(C#N)c1NCCOc1cccc(Cl)c1. The normalized spacial score (nSPS) is 9.48. The number of nitriles is 2. The molecule has 0 saturated carbocycles. The Morgan fingerprint density at radius 3 is 2.33 bits per heavy atom. The lowest BCUT2D eigenvalue weighted by molar-refractivity contribution is 0.333. The first-order valence-electron chi connectivity index (χ1n) is 6.30. The molecule has 5 heteroatoms. The van der Waals surface area contributed by atoms with Crippen molar-refractivity contribution in [2.24, 2.45) is 0 Å². The number of ether oxygens (including phenoxy) is 1. The molecule has 2 aromatic rings. The molecule has 0 amide bonds. The summed E-state index contributed by atoms with van der Waals surface area (Å²) in [5.74, 6) is 0.679. The second-order valence-electron chi connectivity index (χ2n) is 4.18. The van der Waals surface area contributed by atoms with E-state index in [1.807, 2.05) is 12.1 Å². The highest BCUT2D eigenvalue weighted by Crippen LogP contribution is 2.20. The number of rotatable bonds is 5. The topological polar surface area (TPSA) is 68.8 Å². The van der Waals surface area contributed by atoms with Gasteiger partial charge in [-0.15, -0.1) is 0 Å². The Hall–Kier alpha value is -2.69. The second-order valence-corrected chi connectivity index (χ2v) is 4.62. The zero-order valence-corrected chi connectivity index (χ0v) is 11.9. The number of benzene rings is 2. The molecule has 0 unspecified atom stereocenters. The highest BCUT2D eigenvalue weighted by molar-refractivity contribution is 6.30. The molecule has 0 saturated heterocycles. The molecule has 0 aliphatic carbocycles. The van der Waals surface area contributed by atoms with Crippen LogP contribution >= 0.6 is 11.6 Å². The fraction of sp³-hybridized carbons (Fsp3) is 0.125.